The second-order valence-corrected chi connectivity index (χ2v) is 6.69. The molecule has 1 aliphatic heterocycles. The molecule has 0 radical (unpaired) electrons. The quantitative estimate of drug-likeness (QED) is 0.796. The Balaban J connectivity index is 1.50. The summed E-state index contributed by atoms with van der Waals surface area (Å²) >= 11 is 0. The minimum atomic E-state index is -0.549. The topological polar surface area (TPSA) is 70.2 Å². The molecule has 1 saturated carbocycles. The van der Waals surface area contributed by atoms with Gasteiger partial charge in [-0.2, -0.15) is 0 Å². The van der Waals surface area contributed by atoms with E-state index in [0.717, 1.165) is 12.1 Å². The summed E-state index contributed by atoms with van der Waals surface area (Å²) in [5.74, 6) is 0.364. The molecular weight excluding hydrogens is 290 g/mol. The predicted octanol–water partition coefficient (Wildman–Crippen LogP) is 2.05. The van der Waals surface area contributed by atoms with Crippen LogP contribution >= 0.6 is 0 Å². The van der Waals surface area contributed by atoms with E-state index in [1.54, 1.807) is 6.92 Å². The number of para-hydroxylation sites is 1. The van der Waals surface area contributed by atoms with Gasteiger partial charge in [0.1, 0.15) is 6.04 Å². The molecule has 1 saturated heterocycles. The fourth-order valence-corrected chi connectivity index (χ4v) is 3.67. The Kier molecular flexibility index (Phi) is 4.96. The van der Waals surface area contributed by atoms with Gasteiger partial charge >= 0.3 is 0 Å². The number of rotatable bonds is 4. The number of benzene rings is 1. The third kappa shape index (κ3) is 3.91. The zero-order valence-electron chi connectivity index (χ0n) is 13.5. The minimum absolute atomic E-state index is 0.0601. The smallest absolute Gasteiger partial charge is 0.246 e. The van der Waals surface area contributed by atoms with Gasteiger partial charge in [-0.15, -0.1) is 0 Å². The molecule has 1 aliphatic carbocycles. The molecule has 3 rings (SSSR count). The van der Waals surface area contributed by atoms with E-state index in [1.807, 2.05) is 30.3 Å². The van der Waals surface area contributed by atoms with E-state index in [9.17, 15) is 9.59 Å². The Morgan fingerprint density at radius 3 is 2.65 bits per heavy atom. The summed E-state index contributed by atoms with van der Waals surface area (Å²) in [5.41, 5.74) is 0.739. The van der Waals surface area contributed by atoms with Crippen molar-refractivity contribution in [1.82, 2.24) is 10.6 Å². The van der Waals surface area contributed by atoms with E-state index in [-0.39, 0.29) is 17.9 Å². The summed E-state index contributed by atoms with van der Waals surface area (Å²) in [6, 6.07) is 9.05. The van der Waals surface area contributed by atoms with Gasteiger partial charge in [0.25, 0.3) is 0 Å². The van der Waals surface area contributed by atoms with E-state index < -0.39 is 6.04 Å². The third-order valence-electron chi connectivity index (χ3n) is 4.97. The van der Waals surface area contributed by atoms with Crippen molar-refractivity contribution < 1.29 is 9.59 Å². The predicted molar refractivity (Wildman–Crippen MR) is 90.0 cm³/mol. The highest BCUT2D eigenvalue weighted by molar-refractivity contribution is 5.97. The summed E-state index contributed by atoms with van der Waals surface area (Å²) < 4.78 is 0. The Morgan fingerprint density at radius 2 is 1.91 bits per heavy atom. The highest BCUT2D eigenvalue weighted by Crippen LogP contribution is 2.33. The van der Waals surface area contributed by atoms with Gasteiger partial charge in [-0.1, -0.05) is 31.0 Å². The Hall–Kier alpha value is -1.88. The van der Waals surface area contributed by atoms with Gasteiger partial charge in [0, 0.05) is 11.7 Å². The molecule has 5 heteroatoms. The van der Waals surface area contributed by atoms with E-state index in [4.69, 9.17) is 0 Å². The van der Waals surface area contributed by atoms with E-state index in [1.165, 1.54) is 25.7 Å². The number of fused-ring (bicyclic) bond motifs is 1. The maximum absolute atomic E-state index is 12.4. The fraction of sp³-hybridized carbons (Fsp3) is 0.556. The number of hydrogen-bond acceptors (Lipinski definition) is 3. The van der Waals surface area contributed by atoms with Gasteiger partial charge in [0.2, 0.25) is 11.8 Å². The van der Waals surface area contributed by atoms with Crippen LogP contribution in [0.25, 0.3) is 0 Å². The second kappa shape index (κ2) is 7.13. The fourth-order valence-electron chi connectivity index (χ4n) is 3.67. The van der Waals surface area contributed by atoms with Crippen molar-refractivity contribution in [3.63, 3.8) is 0 Å². The molecule has 3 N–H and O–H groups in total. The van der Waals surface area contributed by atoms with Gasteiger partial charge in [0.15, 0.2) is 0 Å². The largest absolute Gasteiger partial charge is 0.343 e. The zero-order valence-corrected chi connectivity index (χ0v) is 13.5. The first kappa shape index (κ1) is 16.0. The highest BCUT2D eigenvalue weighted by Gasteiger charge is 2.38. The maximum atomic E-state index is 12.4. The molecule has 1 aromatic carbocycles. The number of anilines is 1. The van der Waals surface area contributed by atoms with Crippen LogP contribution in [0.4, 0.5) is 5.69 Å². The summed E-state index contributed by atoms with van der Waals surface area (Å²) in [5, 5.41) is 9.09. The van der Waals surface area contributed by atoms with Gasteiger partial charge < -0.3 is 16.0 Å². The molecule has 0 bridgehead atoms. The standard InChI is InChI=1S/C18H25N3O2/c1-12(17(22)20-14-8-3-2-4-9-14)19-18(23)16-11-13-7-5-6-10-15(13)21-16/h2-4,8-9,12-13,15-16,21H,5-7,10-11H2,1H3,(H,19,23)(H,20,22). The van der Waals surface area contributed by atoms with Gasteiger partial charge in [0.05, 0.1) is 6.04 Å². The van der Waals surface area contributed by atoms with Crippen LogP contribution in [0.1, 0.15) is 39.0 Å². The lowest BCUT2D eigenvalue weighted by Gasteiger charge is -2.24. The average Bonchev–Trinajstić information content (AvgIpc) is 3.00. The van der Waals surface area contributed by atoms with E-state index >= 15 is 0 Å². The number of hydrogen-bond donors (Lipinski definition) is 3. The number of amides is 2. The molecule has 0 spiro atoms. The molecule has 0 aromatic heterocycles. The Labute approximate surface area is 137 Å². The van der Waals surface area contributed by atoms with Crippen LogP contribution in [-0.4, -0.2) is 29.9 Å². The normalized spacial score (nSPS) is 27.8. The first-order valence-electron chi connectivity index (χ1n) is 8.56. The molecule has 4 unspecified atom stereocenters. The maximum Gasteiger partial charge on any atom is 0.246 e. The second-order valence-electron chi connectivity index (χ2n) is 6.69. The number of carbonyl (C=O) groups is 2. The lowest BCUT2D eigenvalue weighted by Crippen LogP contribution is -2.49. The molecule has 1 heterocycles. The van der Waals surface area contributed by atoms with Crippen molar-refractivity contribution in [2.45, 2.75) is 57.2 Å². The van der Waals surface area contributed by atoms with Gasteiger partial charge in [-0.05, 0) is 44.2 Å². The molecule has 23 heavy (non-hydrogen) atoms. The molecule has 2 aliphatic rings. The SMILES string of the molecule is CC(NC(=O)C1CC2CCCCC2N1)C(=O)Nc1ccccc1. The Bertz CT molecular complexity index is 547. The van der Waals surface area contributed by atoms with Crippen LogP contribution in [-0.2, 0) is 9.59 Å². The average molecular weight is 315 g/mol. The van der Waals surface area contributed by atoms with Crippen molar-refractivity contribution in [1.29, 1.82) is 0 Å². The summed E-state index contributed by atoms with van der Waals surface area (Å²) in [7, 11) is 0. The molecule has 2 amide bonds. The van der Waals surface area contributed by atoms with Crippen molar-refractivity contribution in [3.05, 3.63) is 30.3 Å². The van der Waals surface area contributed by atoms with Crippen molar-refractivity contribution in [2.24, 2.45) is 5.92 Å². The number of carbonyl (C=O) groups excluding carboxylic acids is 2. The molecule has 5 nitrogen and oxygen atoms in total. The Morgan fingerprint density at radius 1 is 1.17 bits per heavy atom. The first-order chi connectivity index (χ1) is 11.1. The van der Waals surface area contributed by atoms with Crippen molar-refractivity contribution in [2.75, 3.05) is 5.32 Å². The summed E-state index contributed by atoms with van der Waals surface area (Å²) in [4.78, 5) is 24.6. The molecule has 124 valence electrons. The third-order valence-corrected chi connectivity index (χ3v) is 4.97. The highest BCUT2D eigenvalue weighted by atomic mass is 16.2. The van der Waals surface area contributed by atoms with Crippen LogP contribution in [0.5, 0.6) is 0 Å². The van der Waals surface area contributed by atoms with Crippen molar-refractivity contribution >= 4 is 17.5 Å². The minimum Gasteiger partial charge on any atom is -0.343 e. The van der Waals surface area contributed by atoms with Crippen molar-refractivity contribution in [3.8, 4) is 0 Å². The summed E-state index contributed by atoms with van der Waals surface area (Å²) in [6.07, 6.45) is 5.79. The molecule has 2 fully saturated rings. The first-order valence-corrected chi connectivity index (χ1v) is 8.56. The molecular formula is C18H25N3O2. The lowest BCUT2D eigenvalue weighted by atomic mass is 9.85. The molecule has 4 atom stereocenters. The van der Waals surface area contributed by atoms with Crippen LogP contribution in [0.15, 0.2) is 30.3 Å². The monoisotopic (exact) mass is 315 g/mol. The van der Waals surface area contributed by atoms with Crippen LogP contribution < -0.4 is 16.0 Å². The lowest BCUT2D eigenvalue weighted by molar-refractivity contribution is -0.127. The van der Waals surface area contributed by atoms with Crippen LogP contribution in [0, 0.1) is 5.92 Å². The molecule has 1 aromatic rings. The van der Waals surface area contributed by atoms with Gasteiger partial charge in [-0.3, -0.25) is 9.59 Å². The van der Waals surface area contributed by atoms with E-state index in [0.29, 0.717) is 12.0 Å². The van der Waals surface area contributed by atoms with E-state index in [2.05, 4.69) is 16.0 Å². The number of nitrogens with one attached hydrogen (secondary N) is 3. The van der Waals surface area contributed by atoms with Gasteiger partial charge in [-0.25, -0.2) is 0 Å². The zero-order chi connectivity index (χ0) is 16.2. The summed E-state index contributed by atoms with van der Waals surface area (Å²) in [6.45, 7) is 1.72. The van der Waals surface area contributed by atoms with Crippen LogP contribution in [0.2, 0.25) is 0 Å². The van der Waals surface area contributed by atoms with Crippen LogP contribution in [0.3, 0.4) is 0 Å².